The first-order valence-electron chi connectivity index (χ1n) is 7.07. The number of carbonyl (C=O) groups excluding carboxylic acids is 1. The lowest BCUT2D eigenvalue weighted by Gasteiger charge is -2.24. The van der Waals surface area contributed by atoms with Gasteiger partial charge < -0.3 is 10.4 Å². The summed E-state index contributed by atoms with van der Waals surface area (Å²) in [7, 11) is 0. The van der Waals surface area contributed by atoms with E-state index in [0.29, 0.717) is 5.69 Å². The Balaban J connectivity index is 1.75. The number of para-hydroxylation sites is 1. The van der Waals surface area contributed by atoms with Crippen LogP contribution < -0.4 is 5.32 Å². The van der Waals surface area contributed by atoms with Crippen LogP contribution in [-0.2, 0) is 5.60 Å². The third kappa shape index (κ3) is 2.71. The van der Waals surface area contributed by atoms with Gasteiger partial charge in [-0.1, -0.05) is 48.5 Å². The number of hydrogen-bond acceptors (Lipinski definition) is 3. The summed E-state index contributed by atoms with van der Waals surface area (Å²) in [6.45, 7) is 1.78. The molecule has 1 atom stereocenters. The van der Waals surface area contributed by atoms with Gasteiger partial charge in [0.1, 0.15) is 5.60 Å². The maximum absolute atomic E-state index is 12.3. The van der Waals surface area contributed by atoms with Crippen LogP contribution in [0.4, 0.5) is 0 Å². The number of nitrogens with zero attached hydrogens (tertiary/aromatic N) is 1. The van der Waals surface area contributed by atoms with E-state index in [1.165, 1.54) is 0 Å². The number of nitrogens with one attached hydrogen (secondary N) is 2. The van der Waals surface area contributed by atoms with Crippen molar-refractivity contribution in [2.24, 2.45) is 0 Å². The zero-order chi connectivity index (χ0) is 15.6. The Bertz CT molecular complexity index is 794. The SMILES string of the molecule is CC(O)(CNC(=O)c1n[nH]c2ccccc12)c1ccccc1. The van der Waals surface area contributed by atoms with Crippen molar-refractivity contribution >= 4 is 16.8 Å². The van der Waals surface area contributed by atoms with E-state index in [0.717, 1.165) is 16.5 Å². The van der Waals surface area contributed by atoms with Gasteiger partial charge >= 0.3 is 0 Å². The van der Waals surface area contributed by atoms with E-state index in [1.54, 1.807) is 6.92 Å². The minimum Gasteiger partial charge on any atom is -0.384 e. The summed E-state index contributed by atoms with van der Waals surface area (Å²) in [6, 6.07) is 16.7. The van der Waals surface area contributed by atoms with Crippen LogP contribution in [0.2, 0.25) is 0 Å². The Labute approximate surface area is 128 Å². The Morgan fingerprint density at radius 1 is 1.18 bits per heavy atom. The fourth-order valence-electron chi connectivity index (χ4n) is 2.37. The number of hydrogen-bond donors (Lipinski definition) is 3. The number of benzene rings is 2. The van der Waals surface area contributed by atoms with Gasteiger partial charge in [-0.2, -0.15) is 5.10 Å². The van der Waals surface area contributed by atoms with E-state index in [9.17, 15) is 9.90 Å². The molecule has 1 aromatic heterocycles. The lowest BCUT2D eigenvalue weighted by atomic mass is 9.96. The molecule has 3 aromatic rings. The molecule has 5 nitrogen and oxygen atoms in total. The van der Waals surface area contributed by atoms with Crippen LogP contribution in [0.25, 0.3) is 10.9 Å². The van der Waals surface area contributed by atoms with Crippen molar-refractivity contribution in [3.05, 3.63) is 65.9 Å². The average Bonchev–Trinajstić information content (AvgIpc) is 2.98. The van der Waals surface area contributed by atoms with Crippen molar-refractivity contribution in [3.63, 3.8) is 0 Å². The minimum absolute atomic E-state index is 0.108. The van der Waals surface area contributed by atoms with Gasteiger partial charge in [0.25, 0.3) is 5.91 Å². The minimum atomic E-state index is -1.14. The monoisotopic (exact) mass is 295 g/mol. The maximum Gasteiger partial charge on any atom is 0.272 e. The Hall–Kier alpha value is -2.66. The highest BCUT2D eigenvalue weighted by atomic mass is 16.3. The van der Waals surface area contributed by atoms with Crippen LogP contribution >= 0.6 is 0 Å². The molecule has 0 bridgehead atoms. The second-order valence-electron chi connectivity index (χ2n) is 5.44. The molecule has 1 unspecified atom stereocenters. The van der Waals surface area contributed by atoms with Crippen LogP contribution in [0, 0.1) is 0 Å². The molecule has 3 N–H and O–H groups in total. The fraction of sp³-hybridized carbons (Fsp3) is 0.176. The standard InChI is InChI=1S/C17H17N3O2/c1-17(22,12-7-3-2-4-8-12)11-18-16(21)15-13-9-5-6-10-14(13)19-20-15/h2-10,22H,11H2,1H3,(H,18,21)(H,19,20). The highest BCUT2D eigenvalue weighted by Crippen LogP contribution is 2.20. The van der Waals surface area contributed by atoms with Crippen molar-refractivity contribution < 1.29 is 9.90 Å². The number of carbonyl (C=O) groups is 1. The number of rotatable bonds is 4. The Morgan fingerprint density at radius 3 is 2.64 bits per heavy atom. The topological polar surface area (TPSA) is 78.0 Å². The number of aliphatic hydroxyl groups is 1. The summed E-state index contributed by atoms with van der Waals surface area (Å²) in [5.41, 5.74) is 0.757. The summed E-state index contributed by atoms with van der Waals surface area (Å²) < 4.78 is 0. The van der Waals surface area contributed by atoms with E-state index < -0.39 is 5.60 Å². The van der Waals surface area contributed by atoms with Gasteiger partial charge in [0.15, 0.2) is 5.69 Å². The van der Waals surface area contributed by atoms with E-state index in [1.807, 2.05) is 54.6 Å². The molecule has 0 aliphatic carbocycles. The fourth-order valence-corrected chi connectivity index (χ4v) is 2.37. The summed E-state index contributed by atoms with van der Waals surface area (Å²) in [5.74, 6) is -0.311. The Kier molecular flexibility index (Phi) is 3.65. The first-order chi connectivity index (χ1) is 10.6. The van der Waals surface area contributed by atoms with Gasteiger partial charge in [0, 0.05) is 5.39 Å². The molecule has 0 aliphatic heterocycles. The summed E-state index contributed by atoms with van der Waals surface area (Å²) >= 11 is 0. The molecule has 0 radical (unpaired) electrons. The van der Waals surface area contributed by atoms with Crippen molar-refractivity contribution in [2.75, 3.05) is 6.54 Å². The predicted molar refractivity (Wildman–Crippen MR) is 84.4 cm³/mol. The van der Waals surface area contributed by atoms with Gasteiger partial charge in [-0.3, -0.25) is 9.89 Å². The van der Waals surface area contributed by atoms with Crippen molar-refractivity contribution in [1.82, 2.24) is 15.5 Å². The molecule has 22 heavy (non-hydrogen) atoms. The van der Waals surface area contributed by atoms with Crippen molar-refractivity contribution in [3.8, 4) is 0 Å². The number of H-pyrrole nitrogens is 1. The van der Waals surface area contributed by atoms with Crippen LogP contribution in [0.5, 0.6) is 0 Å². The zero-order valence-electron chi connectivity index (χ0n) is 12.2. The second kappa shape index (κ2) is 5.61. The zero-order valence-corrected chi connectivity index (χ0v) is 12.2. The van der Waals surface area contributed by atoms with Gasteiger partial charge in [0.2, 0.25) is 0 Å². The van der Waals surface area contributed by atoms with E-state index >= 15 is 0 Å². The molecule has 3 rings (SSSR count). The molecule has 0 saturated heterocycles. The largest absolute Gasteiger partial charge is 0.384 e. The summed E-state index contributed by atoms with van der Waals surface area (Å²) in [5, 5.41) is 20.9. The van der Waals surface area contributed by atoms with E-state index in [4.69, 9.17) is 0 Å². The molecule has 5 heteroatoms. The smallest absolute Gasteiger partial charge is 0.272 e. The molecule has 0 saturated carbocycles. The van der Waals surface area contributed by atoms with Gasteiger partial charge in [-0.25, -0.2) is 0 Å². The lowest BCUT2D eigenvalue weighted by Crippen LogP contribution is -2.38. The molecule has 2 aromatic carbocycles. The Morgan fingerprint density at radius 2 is 1.86 bits per heavy atom. The summed E-state index contributed by atoms with van der Waals surface area (Å²) in [4.78, 5) is 12.3. The lowest BCUT2D eigenvalue weighted by molar-refractivity contribution is 0.0525. The molecule has 1 amide bonds. The van der Waals surface area contributed by atoms with Crippen LogP contribution in [-0.4, -0.2) is 27.8 Å². The number of amides is 1. The second-order valence-corrected chi connectivity index (χ2v) is 5.44. The molecule has 1 heterocycles. The van der Waals surface area contributed by atoms with Crippen molar-refractivity contribution in [2.45, 2.75) is 12.5 Å². The number of aromatic amines is 1. The van der Waals surface area contributed by atoms with Crippen LogP contribution in [0.1, 0.15) is 23.0 Å². The van der Waals surface area contributed by atoms with Gasteiger partial charge in [-0.05, 0) is 18.6 Å². The van der Waals surface area contributed by atoms with Gasteiger partial charge in [-0.15, -0.1) is 0 Å². The number of fused-ring (bicyclic) bond motifs is 1. The predicted octanol–water partition coefficient (Wildman–Crippen LogP) is 2.20. The average molecular weight is 295 g/mol. The summed E-state index contributed by atoms with van der Waals surface area (Å²) in [6.07, 6.45) is 0. The normalized spacial score (nSPS) is 13.7. The maximum atomic E-state index is 12.3. The molecular formula is C17H17N3O2. The molecule has 112 valence electrons. The third-order valence-electron chi connectivity index (χ3n) is 3.67. The first kappa shape index (κ1) is 14.3. The number of aromatic nitrogens is 2. The highest BCUT2D eigenvalue weighted by Gasteiger charge is 2.24. The van der Waals surface area contributed by atoms with E-state index in [2.05, 4.69) is 15.5 Å². The van der Waals surface area contributed by atoms with Crippen LogP contribution in [0.15, 0.2) is 54.6 Å². The van der Waals surface area contributed by atoms with E-state index in [-0.39, 0.29) is 12.5 Å². The highest BCUT2D eigenvalue weighted by molar-refractivity contribution is 6.04. The molecule has 0 fully saturated rings. The van der Waals surface area contributed by atoms with Crippen molar-refractivity contribution in [1.29, 1.82) is 0 Å². The molecule has 0 spiro atoms. The van der Waals surface area contributed by atoms with Gasteiger partial charge in [0.05, 0.1) is 12.1 Å². The quantitative estimate of drug-likeness (QED) is 0.690. The molecule has 0 aliphatic rings. The molecular weight excluding hydrogens is 278 g/mol. The van der Waals surface area contributed by atoms with Crippen LogP contribution in [0.3, 0.4) is 0 Å². The first-order valence-corrected chi connectivity index (χ1v) is 7.07. The third-order valence-corrected chi connectivity index (χ3v) is 3.67.